The Kier molecular flexibility index (Phi) is 3.28. The predicted octanol–water partition coefficient (Wildman–Crippen LogP) is 1.63. The van der Waals surface area contributed by atoms with Gasteiger partial charge in [-0.2, -0.15) is 11.8 Å². The number of hydrogen-bond acceptors (Lipinski definition) is 4. The molecule has 1 fully saturated rings. The van der Waals surface area contributed by atoms with E-state index in [1.165, 1.54) is 0 Å². The predicted molar refractivity (Wildman–Crippen MR) is 71.1 cm³/mol. The lowest BCUT2D eigenvalue weighted by Crippen LogP contribution is -2.46. The number of pyridine rings is 1. The zero-order chi connectivity index (χ0) is 12.5. The lowest BCUT2D eigenvalue weighted by atomic mass is 10.1. The van der Waals surface area contributed by atoms with Crippen LogP contribution in [0, 0.1) is 0 Å². The molecule has 1 amide bonds. The first kappa shape index (κ1) is 12.2. The molecule has 0 aromatic carbocycles. The second kappa shape index (κ2) is 4.56. The standard InChI is InChI=1S/C12H17N3OS/c1-12(2)8-15(6-7-17-12)11(16)9-4-3-5-10(13)14-9/h3-5H,6-8H2,1-2H3,(H2,13,14). The molecule has 1 aliphatic heterocycles. The third-order valence-corrected chi connectivity index (χ3v) is 4.00. The van der Waals surface area contributed by atoms with Crippen molar-refractivity contribution in [3.05, 3.63) is 23.9 Å². The molecule has 1 aromatic heterocycles. The zero-order valence-corrected chi connectivity index (χ0v) is 11.0. The second-order valence-electron chi connectivity index (χ2n) is 4.78. The van der Waals surface area contributed by atoms with Gasteiger partial charge in [-0.1, -0.05) is 6.07 Å². The van der Waals surface area contributed by atoms with E-state index in [2.05, 4.69) is 18.8 Å². The highest BCUT2D eigenvalue weighted by Crippen LogP contribution is 2.29. The number of carbonyl (C=O) groups excluding carboxylic acids is 1. The van der Waals surface area contributed by atoms with E-state index in [4.69, 9.17) is 5.73 Å². The van der Waals surface area contributed by atoms with Crippen LogP contribution in [-0.4, -0.2) is 39.4 Å². The highest BCUT2D eigenvalue weighted by Gasteiger charge is 2.30. The molecule has 0 saturated carbocycles. The van der Waals surface area contributed by atoms with Gasteiger partial charge < -0.3 is 10.6 Å². The first-order chi connectivity index (χ1) is 7.98. The minimum Gasteiger partial charge on any atom is -0.384 e. The molecule has 0 aliphatic carbocycles. The fourth-order valence-corrected chi connectivity index (χ4v) is 3.03. The van der Waals surface area contributed by atoms with Crippen LogP contribution in [0.1, 0.15) is 24.3 Å². The maximum absolute atomic E-state index is 12.2. The van der Waals surface area contributed by atoms with Gasteiger partial charge in [0.2, 0.25) is 0 Å². The van der Waals surface area contributed by atoms with Crippen molar-refractivity contribution in [2.45, 2.75) is 18.6 Å². The van der Waals surface area contributed by atoms with Gasteiger partial charge in [0.15, 0.2) is 0 Å². The van der Waals surface area contributed by atoms with Crippen LogP contribution in [0.3, 0.4) is 0 Å². The van der Waals surface area contributed by atoms with Crippen LogP contribution in [0.15, 0.2) is 18.2 Å². The van der Waals surface area contributed by atoms with E-state index in [1.807, 2.05) is 16.7 Å². The van der Waals surface area contributed by atoms with Crippen molar-refractivity contribution in [2.75, 3.05) is 24.6 Å². The fourth-order valence-electron chi connectivity index (χ4n) is 1.92. The van der Waals surface area contributed by atoms with Crippen molar-refractivity contribution < 1.29 is 4.79 Å². The average molecular weight is 251 g/mol. The average Bonchev–Trinajstić information content (AvgIpc) is 2.26. The number of hydrogen-bond donors (Lipinski definition) is 1. The Balaban J connectivity index is 2.15. The number of nitrogens with two attached hydrogens (primary N) is 1. The monoisotopic (exact) mass is 251 g/mol. The summed E-state index contributed by atoms with van der Waals surface area (Å²) in [4.78, 5) is 18.2. The molecule has 2 heterocycles. The van der Waals surface area contributed by atoms with Gasteiger partial charge in [-0.25, -0.2) is 4.98 Å². The summed E-state index contributed by atoms with van der Waals surface area (Å²) in [5, 5.41) is 0. The van der Waals surface area contributed by atoms with Crippen molar-refractivity contribution in [2.24, 2.45) is 0 Å². The molecular weight excluding hydrogens is 234 g/mol. The quantitative estimate of drug-likeness (QED) is 0.824. The Bertz CT molecular complexity index is 434. The minimum absolute atomic E-state index is 0.0225. The lowest BCUT2D eigenvalue weighted by molar-refractivity contribution is 0.0742. The second-order valence-corrected chi connectivity index (χ2v) is 6.58. The number of thioether (sulfide) groups is 1. The Hall–Kier alpha value is -1.23. The molecule has 0 bridgehead atoms. The summed E-state index contributed by atoms with van der Waals surface area (Å²) in [6.45, 7) is 5.85. The maximum atomic E-state index is 12.2. The molecule has 5 heteroatoms. The van der Waals surface area contributed by atoms with Crippen LogP contribution < -0.4 is 5.73 Å². The number of anilines is 1. The van der Waals surface area contributed by atoms with E-state index in [1.54, 1.807) is 18.2 Å². The molecule has 1 saturated heterocycles. The molecule has 1 aromatic rings. The Morgan fingerprint density at radius 3 is 2.94 bits per heavy atom. The van der Waals surface area contributed by atoms with Gasteiger partial charge in [0.05, 0.1) is 0 Å². The van der Waals surface area contributed by atoms with E-state index in [9.17, 15) is 4.79 Å². The highest BCUT2D eigenvalue weighted by atomic mass is 32.2. The number of nitrogen functional groups attached to an aromatic ring is 1. The van der Waals surface area contributed by atoms with Crippen molar-refractivity contribution >= 4 is 23.5 Å². The highest BCUT2D eigenvalue weighted by molar-refractivity contribution is 8.00. The van der Waals surface area contributed by atoms with Crippen LogP contribution >= 0.6 is 11.8 Å². The molecule has 0 spiro atoms. The summed E-state index contributed by atoms with van der Waals surface area (Å²) in [5.41, 5.74) is 6.03. The van der Waals surface area contributed by atoms with Gasteiger partial charge in [0.25, 0.3) is 5.91 Å². The summed E-state index contributed by atoms with van der Waals surface area (Å²) in [6, 6.07) is 5.17. The van der Waals surface area contributed by atoms with Gasteiger partial charge in [-0.15, -0.1) is 0 Å². The van der Waals surface area contributed by atoms with Crippen molar-refractivity contribution in [3.63, 3.8) is 0 Å². The summed E-state index contributed by atoms with van der Waals surface area (Å²) in [5.74, 6) is 1.34. The molecule has 92 valence electrons. The van der Waals surface area contributed by atoms with Gasteiger partial charge in [0.1, 0.15) is 11.5 Å². The number of nitrogens with zero attached hydrogens (tertiary/aromatic N) is 2. The molecular formula is C12H17N3OS. The van der Waals surface area contributed by atoms with Crippen LogP contribution in [0.5, 0.6) is 0 Å². The summed E-state index contributed by atoms with van der Waals surface area (Å²) >= 11 is 1.90. The Morgan fingerprint density at radius 2 is 2.29 bits per heavy atom. The van der Waals surface area contributed by atoms with Gasteiger partial charge >= 0.3 is 0 Å². The normalized spacial score (nSPS) is 19.1. The molecule has 2 rings (SSSR count). The van der Waals surface area contributed by atoms with Crippen LogP contribution in [-0.2, 0) is 0 Å². The van der Waals surface area contributed by atoms with E-state index in [0.29, 0.717) is 11.5 Å². The summed E-state index contributed by atoms with van der Waals surface area (Å²) in [7, 11) is 0. The van der Waals surface area contributed by atoms with Crippen molar-refractivity contribution in [1.82, 2.24) is 9.88 Å². The molecule has 0 unspecified atom stereocenters. The van der Waals surface area contributed by atoms with Gasteiger partial charge in [-0.3, -0.25) is 4.79 Å². The number of aromatic nitrogens is 1. The molecule has 17 heavy (non-hydrogen) atoms. The topological polar surface area (TPSA) is 59.2 Å². The molecule has 1 aliphatic rings. The summed E-state index contributed by atoms with van der Waals surface area (Å²) < 4.78 is 0.119. The van der Waals surface area contributed by atoms with Gasteiger partial charge in [0, 0.05) is 23.6 Å². The number of rotatable bonds is 1. The Morgan fingerprint density at radius 1 is 1.53 bits per heavy atom. The van der Waals surface area contributed by atoms with E-state index in [-0.39, 0.29) is 10.7 Å². The molecule has 0 radical (unpaired) electrons. The van der Waals surface area contributed by atoms with E-state index < -0.39 is 0 Å². The molecule has 2 N–H and O–H groups in total. The van der Waals surface area contributed by atoms with Crippen molar-refractivity contribution in [1.29, 1.82) is 0 Å². The third kappa shape index (κ3) is 2.91. The maximum Gasteiger partial charge on any atom is 0.272 e. The first-order valence-corrected chi connectivity index (χ1v) is 6.62. The third-order valence-electron chi connectivity index (χ3n) is 2.70. The zero-order valence-electron chi connectivity index (χ0n) is 10.1. The van der Waals surface area contributed by atoms with Gasteiger partial charge in [-0.05, 0) is 26.0 Å². The van der Waals surface area contributed by atoms with Crippen molar-refractivity contribution in [3.8, 4) is 0 Å². The fraction of sp³-hybridized carbons (Fsp3) is 0.500. The SMILES string of the molecule is CC1(C)CN(C(=O)c2cccc(N)n2)CCS1. The lowest BCUT2D eigenvalue weighted by Gasteiger charge is -2.37. The van der Waals surface area contributed by atoms with E-state index in [0.717, 1.165) is 18.8 Å². The van der Waals surface area contributed by atoms with Crippen LogP contribution in [0.4, 0.5) is 5.82 Å². The number of carbonyl (C=O) groups is 1. The number of amides is 1. The minimum atomic E-state index is -0.0225. The molecule has 0 atom stereocenters. The largest absolute Gasteiger partial charge is 0.384 e. The van der Waals surface area contributed by atoms with Crippen LogP contribution in [0.2, 0.25) is 0 Å². The smallest absolute Gasteiger partial charge is 0.272 e. The Labute approximate surface area is 106 Å². The van der Waals surface area contributed by atoms with Crippen LogP contribution in [0.25, 0.3) is 0 Å². The summed E-state index contributed by atoms with van der Waals surface area (Å²) in [6.07, 6.45) is 0. The first-order valence-electron chi connectivity index (χ1n) is 5.64. The molecule has 4 nitrogen and oxygen atoms in total. The van der Waals surface area contributed by atoms with E-state index >= 15 is 0 Å².